The number of amides is 1. The number of nitrogens with zero attached hydrogens (tertiary/aromatic N) is 3. The fourth-order valence-electron chi connectivity index (χ4n) is 2.92. The lowest BCUT2D eigenvalue weighted by atomic mass is 9.70. The van der Waals surface area contributed by atoms with E-state index >= 15 is 0 Å². The Morgan fingerprint density at radius 2 is 2.08 bits per heavy atom. The zero-order valence-electron chi connectivity index (χ0n) is 15.1. The monoisotopic (exact) mass is 337 g/mol. The molecule has 24 heavy (non-hydrogen) atoms. The molecule has 1 N–H and O–H groups in total. The normalized spacial score (nSPS) is 23.8. The van der Waals surface area contributed by atoms with E-state index in [0.29, 0.717) is 19.5 Å². The summed E-state index contributed by atoms with van der Waals surface area (Å²) in [5.41, 5.74) is -2.50. The van der Waals surface area contributed by atoms with Crippen LogP contribution in [0.3, 0.4) is 0 Å². The van der Waals surface area contributed by atoms with Crippen LogP contribution in [0.1, 0.15) is 41.0 Å². The number of piperidine rings is 1. The summed E-state index contributed by atoms with van der Waals surface area (Å²) < 4.78 is 6.87. The van der Waals surface area contributed by atoms with Gasteiger partial charge in [0.25, 0.3) is 5.56 Å². The molecule has 7 nitrogen and oxygen atoms in total. The lowest BCUT2D eigenvalue weighted by molar-refractivity contribution is -0.126. The lowest BCUT2D eigenvalue weighted by Gasteiger charge is -2.50. The standard InChI is InChI=1S/C17H27N3O4/c1-15(2,3)24-14(22)20-8-6-17(23,16(4,5)11-20)12-19-9-7-18-10-13(19)21/h7,9-10,23H,6,8,11-12H2,1-5H3. The Labute approximate surface area is 142 Å². The van der Waals surface area contributed by atoms with E-state index in [4.69, 9.17) is 4.74 Å². The van der Waals surface area contributed by atoms with E-state index in [1.54, 1.807) is 11.1 Å². The van der Waals surface area contributed by atoms with Gasteiger partial charge in [0.05, 0.1) is 18.3 Å². The van der Waals surface area contributed by atoms with Gasteiger partial charge in [0.1, 0.15) is 5.60 Å². The highest BCUT2D eigenvalue weighted by Crippen LogP contribution is 2.40. The molecule has 0 saturated carbocycles. The Bertz CT molecular complexity index is 662. The van der Waals surface area contributed by atoms with Crippen LogP contribution in [0.2, 0.25) is 0 Å². The molecular weight excluding hydrogens is 310 g/mol. The molecule has 1 aromatic heterocycles. The summed E-state index contributed by atoms with van der Waals surface area (Å²) in [7, 11) is 0. The van der Waals surface area contributed by atoms with Gasteiger partial charge in [0, 0.05) is 30.9 Å². The van der Waals surface area contributed by atoms with Crippen molar-refractivity contribution in [3.8, 4) is 0 Å². The molecule has 2 rings (SSSR count). The first-order chi connectivity index (χ1) is 10.9. The van der Waals surface area contributed by atoms with E-state index in [1.807, 2.05) is 34.6 Å². The minimum absolute atomic E-state index is 0.170. The number of aliphatic hydroxyl groups is 1. The maximum Gasteiger partial charge on any atom is 0.410 e. The van der Waals surface area contributed by atoms with Crippen LogP contribution < -0.4 is 5.56 Å². The minimum atomic E-state index is -1.10. The van der Waals surface area contributed by atoms with E-state index in [2.05, 4.69) is 4.98 Å². The minimum Gasteiger partial charge on any atom is -0.444 e. The molecular formula is C17H27N3O4. The Morgan fingerprint density at radius 1 is 1.42 bits per heavy atom. The van der Waals surface area contributed by atoms with Gasteiger partial charge < -0.3 is 19.3 Å². The average Bonchev–Trinajstić information content (AvgIpc) is 2.43. The molecule has 1 aliphatic rings. The Hall–Kier alpha value is -1.89. The first-order valence-corrected chi connectivity index (χ1v) is 8.14. The predicted octanol–water partition coefficient (Wildman–Crippen LogP) is 1.64. The summed E-state index contributed by atoms with van der Waals surface area (Å²) in [6.45, 7) is 10.2. The van der Waals surface area contributed by atoms with Gasteiger partial charge in [0.2, 0.25) is 0 Å². The van der Waals surface area contributed by atoms with Crippen molar-refractivity contribution in [2.24, 2.45) is 5.41 Å². The number of rotatable bonds is 2. The summed E-state index contributed by atoms with van der Waals surface area (Å²) in [6.07, 6.45) is 4.31. The Kier molecular flexibility index (Phi) is 4.77. The van der Waals surface area contributed by atoms with Gasteiger partial charge in [-0.2, -0.15) is 0 Å². The molecule has 1 fully saturated rings. The van der Waals surface area contributed by atoms with E-state index in [0.717, 1.165) is 0 Å². The van der Waals surface area contributed by atoms with Crippen molar-refractivity contribution >= 4 is 6.09 Å². The van der Waals surface area contributed by atoms with E-state index in [-0.39, 0.29) is 18.2 Å². The molecule has 134 valence electrons. The van der Waals surface area contributed by atoms with Crippen molar-refractivity contribution in [3.63, 3.8) is 0 Å². The molecule has 0 aliphatic carbocycles. The van der Waals surface area contributed by atoms with E-state index < -0.39 is 16.6 Å². The fourth-order valence-corrected chi connectivity index (χ4v) is 2.92. The third kappa shape index (κ3) is 3.95. The number of carbonyl (C=O) groups excluding carboxylic acids is 1. The van der Waals surface area contributed by atoms with Gasteiger partial charge in [0.15, 0.2) is 0 Å². The van der Waals surface area contributed by atoms with Crippen molar-refractivity contribution in [1.82, 2.24) is 14.5 Å². The van der Waals surface area contributed by atoms with Gasteiger partial charge in [-0.3, -0.25) is 9.78 Å². The second-order valence-electron chi connectivity index (χ2n) is 8.11. The highest BCUT2D eigenvalue weighted by molar-refractivity contribution is 5.68. The molecule has 1 amide bonds. The Morgan fingerprint density at radius 3 is 2.62 bits per heavy atom. The van der Waals surface area contributed by atoms with Crippen LogP contribution in [0, 0.1) is 5.41 Å². The van der Waals surface area contributed by atoms with Crippen LogP contribution in [-0.2, 0) is 11.3 Å². The van der Waals surface area contributed by atoms with Crippen molar-refractivity contribution in [2.45, 2.75) is 58.8 Å². The molecule has 1 aromatic rings. The van der Waals surface area contributed by atoms with Crippen molar-refractivity contribution in [3.05, 3.63) is 28.9 Å². The number of likely N-dealkylation sites (tertiary alicyclic amines) is 1. The van der Waals surface area contributed by atoms with Gasteiger partial charge in [-0.25, -0.2) is 4.79 Å². The molecule has 0 bridgehead atoms. The first-order valence-electron chi connectivity index (χ1n) is 8.14. The van der Waals surface area contributed by atoms with Gasteiger partial charge in [-0.15, -0.1) is 0 Å². The molecule has 7 heteroatoms. The molecule has 0 spiro atoms. The van der Waals surface area contributed by atoms with Gasteiger partial charge in [-0.05, 0) is 27.2 Å². The fraction of sp³-hybridized carbons (Fsp3) is 0.706. The number of carbonyl (C=O) groups is 1. The number of hydrogen-bond acceptors (Lipinski definition) is 5. The SMILES string of the molecule is CC(C)(C)OC(=O)N1CCC(O)(Cn2ccncc2=O)C(C)(C)C1. The molecule has 0 aromatic carbocycles. The highest BCUT2D eigenvalue weighted by atomic mass is 16.6. The van der Waals surface area contributed by atoms with Crippen LogP contribution in [-0.4, -0.2) is 49.9 Å². The third-order valence-electron chi connectivity index (χ3n) is 4.53. The van der Waals surface area contributed by atoms with E-state index in [9.17, 15) is 14.7 Å². The maximum atomic E-state index is 12.3. The zero-order valence-corrected chi connectivity index (χ0v) is 15.1. The molecule has 1 aliphatic heterocycles. The molecule has 1 unspecified atom stereocenters. The van der Waals surface area contributed by atoms with Crippen LogP contribution in [0.15, 0.2) is 23.4 Å². The quantitative estimate of drug-likeness (QED) is 0.887. The summed E-state index contributed by atoms with van der Waals surface area (Å²) in [6, 6.07) is 0. The molecule has 0 radical (unpaired) electrons. The molecule has 1 saturated heterocycles. The number of ether oxygens (including phenoxy) is 1. The second-order valence-corrected chi connectivity index (χ2v) is 8.11. The predicted molar refractivity (Wildman–Crippen MR) is 89.7 cm³/mol. The topological polar surface area (TPSA) is 84.7 Å². The third-order valence-corrected chi connectivity index (χ3v) is 4.53. The van der Waals surface area contributed by atoms with Gasteiger partial charge in [-0.1, -0.05) is 13.8 Å². The van der Waals surface area contributed by atoms with Gasteiger partial charge >= 0.3 is 6.09 Å². The zero-order chi connectivity index (χ0) is 18.2. The first kappa shape index (κ1) is 18.4. The highest BCUT2D eigenvalue weighted by Gasteiger charge is 2.49. The molecule has 2 heterocycles. The summed E-state index contributed by atoms with van der Waals surface area (Å²) in [4.78, 5) is 29.6. The lowest BCUT2D eigenvalue weighted by Crippen LogP contribution is -2.61. The van der Waals surface area contributed by atoms with Crippen LogP contribution in [0.4, 0.5) is 4.79 Å². The van der Waals surface area contributed by atoms with Crippen molar-refractivity contribution in [2.75, 3.05) is 13.1 Å². The van der Waals surface area contributed by atoms with Crippen LogP contribution in [0.5, 0.6) is 0 Å². The smallest absolute Gasteiger partial charge is 0.410 e. The number of hydrogen-bond donors (Lipinski definition) is 1. The summed E-state index contributed by atoms with van der Waals surface area (Å²) in [5, 5.41) is 11.2. The average molecular weight is 337 g/mol. The maximum absolute atomic E-state index is 12.3. The van der Waals surface area contributed by atoms with Crippen LogP contribution >= 0.6 is 0 Å². The number of aromatic nitrogens is 2. The van der Waals surface area contributed by atoms with Crippen LogP contribution in [0.25, 0.3) is 0 Å². The Balaban J connectivity index is 2.15. The summed E-state index contributed by atoms with van der Waals surface area (Å²) >= 11 is 0. The largest absolute Gasteiger partial charge is 0.444 e. The summed E-state index contributed by atoms with van der Waals surface area (Å²) in [5.74, 6) is 0. The van der Waals surface area contributed by atoms with Crippen molar-refractivity contribution in [1.29, 1.82) is 0 Å². The molecule has 1 atom stereocenters. The van der Waals surface area contributed by atoms with E-state index in [1.165, 1.54) is 17.0 Å². The van der Waals surface area contributed by atoms with Crippen molar-refractivity contribution < 1.29 is 14.6 Å². The second kappa shape index (κ2) is 6.20.